The molecule has 0 aromatic heterocycles. The summed E-state index contributed by atoms with van der Waals surface area (Å²) in [5.41, 5.74) is -0.292. The third-order valence-corrected chi connectivity index (χ3v) is 2.33. The van der Waals surface area contributed by atoms with Crippen molar-refractivity contribution in [2.75, 3.05) is 0 Å². The van der Waals surface area contributed by atoms with Crippen molar-refractivity contribution in [3.63, 3.8) is 0 Å². The van der Waals surface area contributed by atoms with Gasteiger partial charge in [-0.25, -0.2) is 0 Å². The van der Waals surface area contributed by atoms with E-state index in [-0.39, 0.29) is 5.60 Å². The SMILES string of the molecule is CC(C)[C@@]1(O)C[C@@H]1C. The van der Waals surface area contributed by atoms with Gasteiger partial charge in [0.15, 0.2) is 0 Å². The van der Waals surface area contributed by atoms with Crippen LogP contribution in [0.2, 0.25) is 0 Å². The van der Waals surface area contributed by atoms with Crippen LogP contribution in [0, 0.1) is 11.8 Å². The lowest BCUT2D eigenvalue weighted by Gasteiger charge is -2.11. The zero-order chi connectivity index (χ0) is 6.36. The van der Waals surface area contributed by atoms with E-state index in [2.05, 4.69) is 20.8 Å². The van der Waals surface area contributed by atoms with Crippen LogP contribution >= 0.6 is 0 Å². The maximum atomic E-state index is 9.47. The molecule has 1 aliphatic carbocycles. The van der Waals surface area contributed by atoms with E-state index in [1.54, 1.807) is 0 Å². The Hall–Kier alpha value is -0.0400. The van der Waals surface area contributed by atoms with Gasteiger partial charge in [-0.2, -0.15) is 0 Å². The fourth-order valence-electron chi connectivity index (χ4n) is 1.24. The number of hydrogen-bond donors (Lipinski definition) is 1. The third-order valence-electron chi connectivity index (χ3n) is 2.33. The summed E-state index contributed by atoms with van der Waals surface area (Å²) in [5, 5.41) is 9.47. The first kappa shape index (κ1) is 6.09. The van der Waals surface area contributed by atoms with Gasteiger partial charge in [-0.3, -0.25) is 0 Å². The van der Waals surface area contributed by atoms with Crippen molar-refractivity contribution in [1.29, 1.82) is 0 Å². The number of aliphatic hydroxyl groups is 1. The molecule has 1 saturated carbocycles. The van der Waals surface area contributed by atoms with Crippen molar-refractivity contribution in [2.24, 2.45) is 11.8 Å². The van der Waals surface area contributed by atoms with E-state index in [1.807, 2.05) is 0 Å². The molecule has 1 nitrogen and oxygen atoms in total. The summed E-state index contributed by atoms with van der Waals surface area (Å²) in [4.78, 5) is 0. The van der Waals surface area contributed by atoms with Crippen molar-refractivity contribution in [3.05, 3.63) is 0 Å². The highest BCUT2D eigenvalue weighted by atomic mass is 16.3. The standard InChI is InChI=1S/C7H14O/c1-5(2)7(8)4-6(7)3/h5-6,8H,4H2,1-3H3/t6-,7-/m0/s1. The van der Waals surface area contributed by atoms with Crippen LogP contribution in [0.15, 0.2) is 0 Å². The van der Waals surface area contributed by atoms with Gasteiger partial charge in [0.1, 0.15) is 0 Å². The first-order valence-electron chi connectivity index (χ1n) is 3.29. The molecule has 1 aliphatic rings. The van der Waals surface area contributed by atoms with Gasteiger partial charge in [0, 0.05) is 0 Å². The molecule has 48 valence electrons. The van der Waals surface area contributed by atoms with Crippen LogP contribution in [-0.2, 0) is 0 Å². The monoisotopic (exact) mass is 114 g/mol. The smallest absolute Gasteiger partial charge is 0.0700 e. The Kier molecular flexibility index (Phi) is 1.12. The average molecular weight is 114 g/mol. The lowest BCUT2D eigenvalue weighted by molar-refractivity contribution is 0.0846. The normalized spacial score (nSPS) is 45.4. The van der Waals surface area contributed by atoms with Crippen molar-refractivity contribution < 1.29 is 5.11 Å². The molecule has 0 aliphatic heterocycles. The minimum absolute atomic E-state index is 0.292. The Morgan fingerprint density at radius 1 is 1.62 bits per heavy atom. The van der Waals surface area contributed by atoms with E-state index in [0.717, 1.165) is 6.42 Å². The lowest BCUT2D eigenvalue weighted by atomic mass is 10.0. The minimum atomic E-state index is -0.292. The number of rotatable bonds is 1. The summed E-state index contributed by atoms with van der Waals surface area (Å²) >= 11 is 0. The maximum absolute atomic E-state index is 9.47. The Morgan fingerprint density at radius 3 is 2.00 bits per heavy atom. The third kappa shape index (κ3) is 0.655. The molecule has 0 unspecified atom stereocenters. The first-order chi connectivity index (χ1) is 3.57. The summed E-state index contributed by atoms with van der Waals surface area (Å²) in [6.07, 6.45) is 1.00. The Labute approximate surface area is 50.7 Å². The molecule has 1 rings (SSSR count). The molecule has 1 fully saturated rings. The Morgan fingerprint density at radius 2 is 2.00 bits per heavy atom. The average Bonchev–Trinajstić information content (AvgIpc) is 2.17. The fourth-order valence-corrected chi connectivity index (χ4v) is 1.24. The fraction of sp³-hybridized carbons (Fsp3) is 1.00. The molecule has 0 bridgehead atoms. The van der Waals surface area contributed by atoms with Gasteiger partial charge in [0.2, 0.25) is 0 Å². The minimum Gasteiger partial charge on any atom is -0.389 e. The molecule has 0 radical (unpaired) electrons. The molecule has 0 saturated heterocycles. The van der Waals surface area contributed by atoms with Gasteiger partial charge in [0.05, 0.1) is 5.60 Å². The molecule has 8 heavy (non-hydrogen) atoms. The van der Waals surface area contributed by atoms with Crippen LogP contribution in [0.5, 0.6) is 0 Å². The van der Waals surface area contributed by atoms with Gasteiger partial charge in [-0.15, -0.1) is 0 Å². The van der Waals surface area contributed by atoms with Crippen molar-refractivity contribution in [1.82, 2.24) is 0 Å². The van der Waals surface area contributed by atoms with E-state index in [0.29, 0.717) is 11.8 Å². The summed E-state index contributed by atoms with van der Waals surface area (Å²) < 4.78 is 0. The predicted molar refractivity (Wildman–Crippen MR) is 33.6 cm³/mol. The highest BCUT2D eigenvalue weighted by Crippen LogP contribution is 2.48. The van der Waals surface area contributed by atoms with Crippen LogP contribution in [-0.4, -0.2) is 10.7 Å². The molecular formula is C7H14O. The zero-order valence-corrected chi connectivity index (χ0v) is 5.81. The van der Waals surface area contributed by atoms with Crippen LogP contribution in [0.4, 0.5) is 0 Å². The highest BCUT2D eigenvalue weighted by Gasteiger charge is 2.51. The van der Waals surface area contributed by atoms with Gasteiger partial charge in [0.25, 0.3) is 0 Å². The summed E-state index contributed by atoms with van der Waals surface area (Å²) in [7, 11) is 0. The van der Waals surface area contributed by atoms with Crippen LogP contribution in [0.1, 0.15) is 27.2 Å². The molecule has 0 amide bonds. The Bertz CT molecular complexity index is 98.6. The molecule has 1 heteroatoms. The van der Waals surface area contributed by atoms with Gasteiger partial charge in [-0.05, 0) is 18.3 Å². The van der Waals surface area contributed by atoms with E-state index in [9.17, 15) is 5.11 Å². The molecule has 0 aromatic carbocycles. The molecule has 0 heterocycles. The zero-order valence-electron chi connectivity index (χ0n) is 5.81. The lowest BCUT2D eigenvalue weighted by Crippen LogP contribution is -2.17. The van der Waals surface area contributed by atoms with E-state index >= 15 is 0 Å². The molecule has 1 N–H and O–H groups in total. The van der Waals surface area contributed by atoms with Crippen LogP contribution in [0.3, 0.4) is 0 Å². The second-order valence-electron chi connectivity index (χ2n) is 3.25. The second kappa shape index (κ2) is 1.47. The van der Waals surface area contributed by atoms with Crippen molar-refractivity contribution >= 4 is 0 Å². The summed E-state index contributed by atoms with van der Waals surface area (Å²) in [5.74, 6) is 0.986. The highest BCUT2D eigenvalue weighted by molar-refractivity contribution is 5.02. The molecule has 0 aromatic rings. The maximum Gasteiger partial charge on any atom is 0.0700 e. The van der Waals surface area contributed by atoms with Gasteiger partial charge < -0.3 is 5.11 Å². The quantitative estimate of drug-likeness (QED) is 0.546. The molecular weight excluding hydrogens is 100 g/mol. The van der Waals surface area contributed by atoms with E-state index < -0.39 is 0 Å². The van der Waals surface area contributed by atoms with Gasteiger partial charge >= 0.3 is 0 Å². The summed E-state index contributed by atoms with van der Waals surface area (Å²) in [6.45, 7) is 6.24. The van der Waals surface area contributed by atoms with Crippen LogP contribution in [0.25, 0.3) is 0 Å². The summed E-state index contributed by atoms with van der Waals surface area (Å²) in [6, 6.07) is 0. The molecule has 0 spiro atoms. The topological polar surface area (TPSA) is 20.2 Å². The largest absolute Gasteiger partial charge is 0.389 e. The first-order valence-corrected chi connectivity index (χ1v) is 3.29. The predicted octanol–water partition coefficient (Wildman–Crippen LogP) is 1.41. The Balaban J connectivity index is 2.47. The molecule has 2 atom stereocenters. The van der Waals surface area contributed by atoms with Crippen LogP contribution < -0.4 is 0 Å². The van der Waals surface area contributed by atoms with E-state index in [1.165, 1.54) is 0 Å². The van der Waals surface area contributed by atoms with E-state index in [4.69, 9.17) is 0 Å². The second-order valence-corrected chi connectivity index (χ2v) is 3.25. The van der Waals surface area contributed by atoms with Gasteiger partial charge in [-0.1, -0.05) is 20.8 Å². The van der Waals surface area contributed by atoms with Crippen molar-refractivity contribution in [3.8, 4) is 0 Å². The number of hydrogen-bond acceptors (Lipinski definition) is 1. The van der Waals surface area contributed by atoms with Crippen molar-refractivity contribution in [2.45, 2.75) is 32.8 Å².